The molecule has 0 bridgehead atoms. The van der Waals surface area contributed by atoms with Crippen molar-refractivity contribution >= 4 is 5.91 Å². The van der Waals surface area contributed by atoms with Crippen LogP contribution in [0.4, 0.5) is 0 Å². The summed E-state index contributed by atoms with van der Waals surface area (Å²) in [6, 6.07) is 10.0. The molecule has 2 aromatic heterocycles. The van der Waals surface area contributed by atoms with Crippen LogP contribution in [-0.4, -0.2) is 43.7 Å². The third kappa shape index (κ3) is 2.60. The van der Waals surface area contributed by atoms with Gasteiger partial charge in [0.15, 0.2) is 0 Å². The number of carbonyl (C=O) groups is 1. The van der Waals surface area contributed by atoms with Gasteiger partial charge in [-0.05, 0) is 24.1 Å². The molecule has 3 aromatic rings. The lowest BCUT2D eigenvalue weighted by Gasteiger charge is -2.15. The molecule has 0 aliphatic carbocycles. The molecule has 122 valence electrons. The minimum atomic E-state index is -0.151. The van der Waals surface area contributed by atoms with Gasteiger partial charge in [-0.15, -0.1) is 0 Å². The minimum Gasteiger partial charge on any atom is -0.344 e. The second-order valence-electron chi connectivity index (χ2n) is 6.13. The van der Waals surface area contributed by atoms with Crippen LogP contribution < -0.4 is 0 Å². The third-order valence-electron chi connectivity index (χ3n) is 4.49. The topological polar surface area (TPSA) is 56.0 Å². The van der Waals surface area contributed by atoms with Crippen molar-refractivity contribution in [2.24, 2.45) is 0 Å². The van der Waals surface area contributed by atoms with Gasteiger partial charge < -0.3 is 9.47 Å². The van der Waals surface area contributed by atoms with E-state index in [1.807, 2.05) is 46.9 Å². The fourth-order valence-electron chi connectivity index (χ4n) is 3.24. The first kappa shape index (κ1) is 14.7. The van der Waals surface area contributed by atoms with Crippen LogP contribution in [0.25, 0.3) is 11.4 Å². The van der Waals surface area contributed by atoms with Crippen molar-refractivity contribution in [3.63, 3.8) is 0 Å². The highest BCUT2D eigenvalue weighted by Gasteiger charge is 2.31. The molecule has 1 amide bonds. The number of carbonyl (C=O) groups excluding carboxylic acids is 1. The molecule has 1 unspecified atom stereocenters. The first-order valence-electron chi connectivity index (χ1n) is 8.07. The summed E-state index contributed by atoms with van der Waals surface area (Å²) >= 11 is 0. The molecular formula is C18H19N5O. The molecule has 6 heteroatoms. The van der Waals surface area contributed by atoms with Gasteiger partial charge in [-0.1, -0.05) is 18.2 Å². The van der Waals surface area contributed by atoms with E-state index in [2.05, 4.69) is 22.2 Å². The summed E-state index contributed by atoms with van der Waals surface area (Å²) in [7, 11) is 1.85. The number of likely N-dealkylation sites (N-methyl/N-ethyl adjacent to an activating group) is 1. The van der Waals surface area contributed by atoms with Gasteiger partial charge in [0.1, 0.15) is 11.9 Å². The van der Waals surface area contributed by atoms with Crippen molar-refractivity contribution < 1.29 is 4.79 Å². The first-order valence-corrected chi connectivity index (χ1v) is 8.07. The molecule has 1 aliphatic rings. The molecule has 1 saturated heterocycles. The quantitative estimate of drug-likeness (QED) is 0.740. The molecule has 4 rings (SSSR count). The lowest BCUT2D eigenvalue weighted by atomic mass is 10.1. The Hall–Kier alpha value is -2.89. The van der Waals surface area contributed by atoms with Gasteiger partial charge >= 0.3 is 0 Å². The van der Waals surface area contributed by atoms with Gasteiger partial charge in [-0.3, -0.25) is 9.48 Å². The molecule has 0 N–H and O–H groups in total. The Morgan fingerprint density at radius 2 is 2.12 bits per heavy atom. The largest absolute Gasteiger partial charge is 0.344 e. The van der Waals surface area contributed by atoms with Crippen LogP contribution in [0.5, 0.6) is 0 Å². The average Bonchev–Trinajstić information content (AvgIpc) is 3.31. The molecule has 3 heterocycles. The van der Waals surface area contributed by atoms with Crippen LogP contribution in [0.1, 0.15) is 18.0 Å². The van der Waals surface area contributed by atoms with Crippen molar-refractivity contribution in [1.82, 2.24) is 24.2 Å². The van der Waals surface area contributed by atoms with Crippen LogP contribution in [-0.2, 0) is 11.3 Å². The molecule has 0 radical (unpaired) electrons. The summed E-state index contributed by atoms with van der Waals surface area (Å²) in [6.45, 7) is 1.51. The SMILES string of the molecule is CN1CCC(n2ccnc2-c2cccc(Cn3cccn3)c2)C1=O. The van der Waals surface area contributed by atoms with E-state index in [1.165, 1.54) is 0 Å². The average molecular weight is 321 g/mol. The zero-order valence-electron chi connectivity index (χ0n) is 13.5. The predicted octanol–water partition coefficient (Wildman–Crippen LogP) is 2.20. The van der Waals surface area contributed by atoms with Gasteiger partial charge in [-0.2, -0.15) is 5.10 Å². The Bertz CT molecular complexity index is 852. The summed E-state index contributed by atoms with van der Waals surface area (Å²) < 4.78 is 3.89. The Balaban J connectivity index is 1.65. The molecule has 24 heavy (non-hydrogen) atoms. The maximum absolute atomic E-state index is 12.3. The van der Waals surface area contributed by atoms with Crippen LogP contribution in [0.2, 0.25) is 0 Å². The normalized spacial score (nSPS) is 17.6. The van der Waals surface area contributed by atoms with E-state index in [0.717, 1.165) is 29.9 Å². The van der Waals surface area contributed by atoms with Crippen molar-refractivity contribution in [3.8, 4) is 11.4 Å². The summed E-state index contributed by atoms with van der Waals surface area (Å²) in [5, 5.41) is 4.25. The number of aromatic nitrogens is 4. The number of amides is 1. The monoisotopic (exact) mass is 321 g/mol. The highest BCUT2D eigenvalue weighted by Crippen LogP contribution is 2.28. The minimum absolute atomic E-state index is 0.151. The number of nitrogens with zero attached hydrogens (tertiary/aromatic N) is 5. The maximum atomic E-state index is 12.3. The Morgan fingerprint density at radius 3 is 2.88 bits per heavy atom. The Morgan fingerprint density at radius 1 is 1.21 bits per heavy atom. The maximum Gasteiger partial charge on any atom is 0.245 e. The van der Waals surface area contributed by atoms with Crippen molar-refractivity contribution in [3.05, 3.63) is 60.7 Å². The van der Waals surface area contributed by atoms with E-state index >= 15 is 0 Å². The second kappa shape index (κ2) is 5.96. The molecule has 1 atom stereocenters. The molecule has 1 aliphatic heterocycles. The van der Waals surface area contributed by atoms with Crippen molar-refractivity contribution in [2.75, 3.05) is 13.6 Å². The fraction of sp³-hybridized carbons (Fsp3) is 0.278. The van der Waals surface area contributed by atoms with Crippen molar-refractivity contribution in [2.45, 2.75) is 19.0 Å². The standard InChI is InChI=1S/C18H19N5O/c1-21-10-6-16(18(21)24)23-11-8-19-17(23)15-5-2-4-14(12-15)13-22-9-3-7-20-22/h2-5,7-9,11-12,16H,6,10,13H2,1H3. The van der Waals surface area contributed by atoms with E-state index < -0.39 is 0 Å². The predicted molar refractivity (Wildman–Crippen MR) is 90.3 cm³/mol. The number of likely N-dealkylation sites (tertiary alicyclic amines) is 1. The van der Waals surface area contributed by atoms with E-state index in [-0.39, 0.29) is 11.9 Å². The zero-order valence-corrected chi connectivity index (χ0v) is 13.5. The van der Waals surface area contributed by atoms with Crippen LogP contribution in [0, 0.1) is 0 Å². The number of hydrogen-bond donors (Lipinski definition) is 0. The second-order valence-corrected chi connectivity index (χ2v) is 6.13. The van der Waals surface area contributed by atoms with Gasteiger partial charge in [0.25, 0.3) is 0 Å². The summed E-state index contributed by atoms with van der Waals surface area (Å²) in [4.78, 5) is 18.6. The number of hydrogen-bond acceptors (Lipinski definition) is 3. The van der Waals surface area contributed by atoms with E-state index in [0.29, 0.717) is 6.54 Å². The number of imidazole rings is 1. The highest BCUT2D eigenvalue weighted by molar-refractivity contribution is 5.83. The molecule has 1 fully saturated rings. The van der Waals surface area contributed by atoms with Crippen LogP contribution >= 0.6 is 0 Å². The molecule has 6 nitrogen and oxygen atoms in total. The Kier molecular flexibility index (Phi) is 3.65. The van der Waals surface area contributed by atoms with Crippen LogP contribution in [0.15, 0.2) is 55.1 Å². The van der Waals surface area contributed by atoms with E-state index in [1.54, 1.807) is 17.3 Å². The van der Waals surface area contributed by atoms with Crippen molar-refractivity contribution in [1.29, 1.82) is 0 Å². The summed E-state index contributed by atoms with van der Waals surface area (Å²) in [6.07, 6.45) is 8.21. The molecule has 1 aromatic carbocycles. The van der Waals surface area contributed by atoms with E-state index in [4.69, 9.17) is 0 Å². The highest BCUT2D eigenvalue weighted by atomic mass is 16.2. The van der Waals surface area contributed by atoms with Gasteiger partial charge in [0, 0.05) is 43.9 Å². The first-order chi connectivity index (χ1) is 11.7. The van der Waals surface area contributed by atoms with Crippen LogP contribution in [0.3, 0.4) is 0 Å². The Labute approximate surface area is 140 Å². The summed E-state index contributed by atoms with van der Waals surface area (Å²) in [5.41, 5.74) is 2.17. The summed E-state index contributed by atoms with van der Waals surface area (Å²) in [5.74, 6) is 0.993. The van der Waals surface area contributed by atoms with Gasteiger partial charge in [-0.25, -0.2) is 4.98 Å². The smallest absolute Gasteiger partial charge is 0.245 e. The molecule has 0 spiro atoms. The van der Waals surface area contributed by atoms with Gasteiger partial charge in [0.2, 0.25) is 5.91 Å². The fourth-order valence-corrected chi connectivity index (χ4v) is 3.24. The number of rotatable bonds is 4. The lowest BCUT2D eigenvalue weighted by Crippen LogP contribution is -2.24. The molecular weight excluding hydrogens is 302 g/mol. The zero-order chi connectivity index (χ0) is 16.5. The van der Waals surface area contributed by atoms with Gasteiger partial charge in [0.05, 0.1) is 6.54 Å². The number of benzene rings is 1. The van der Waals surface area contributed by atoms with E-state index in [9.17, 15) is 4.79 Å². The molecule has 0 saturated carbocycles. The third-order valence-corrected chi connectivity index (χ3v) is 4.49. The lowest BCUT2D eigenvalue weighted by molar-refractivity contribution is -0.129.